The van der Waals surface area contributed by atoms with Crippen molar-refractivity contribution in [1.82, 2.24) is 4.90 Å². The van der Waals surface area contributed by atoms with Gasteiger partial charge >= 0.3 is 0 Å². The number of fused-ring (bicyclic) bond motifs is 1. The standard InChI is InChI=1S/C20H25NO2/c1-15-5-3-10-21(15)11-9-18-13-16-6-2-8-19(20(16)23-18)17-7-4-12-22-14-17/h2,6-8,13,15H,3-5,9-12,14H2,1H3/t15-/m1/s1. The van der Waals surface area contributed by atoms with Crippen LogP contribution in [0.15, 0.2) is 34.8 Å². The van der Waals surface area contributed by atoms with Crippen molar-refractivity contribution in [2.75, 3.05) is 26.3 Å². The van der Waals surface area contributed by atoms with Crippen molar-refractivity contribution in [2.45, 2.75) is 38.6 Å². The summed E-state index contributed by atoms with van der Waals surface area (Å²) in [6.45, 7) is 6.19. The lowest BCUT2D eigenvalue weighted by atomic mass is 10.0. The zero-order valence-electron chi connectivity index (χ0n) is 13.9. The highest BCUT2D eigenvalue weighted by atomic mass is 16.5. The second kappa shape index (κ2) is 6.50. The first-order chi connectivity index (χ1) is 11.3. The van der Waals surface area contributed by atoms with Crippen LogP contribution in [-0.2, 0) is 11.2 Å². The summed E-state index contributed by atoms with van der Waals surface area (Å²) in [5.41, 5.74) is 3.48. The summed E-state index contributed by atoms with van der Waals surface area (Å²) in [5, 5.41) is 1.21. The normalized spacial score (nSPS) is 22.7. The van der Waals surface area contributed by atoms with Gasteiger partial charge in [-0.05, 0) is 44.4 Å². The van der Waals surface area contributed by atoms with Gasteiger partial charge in [0.25, 0.3) is 0 Å². The summed E-state index contributed by atoms with van der Waals surface area (Å²) < 4.78 is 11.8. The van der Waals surface area contributed by atoms with E-state index in [-0.39, 0.29) is 0 Å². The van der Waals surface area contributed by atoms with E-state index in [0.717, 1.165) is 43.4 Å². The van der Waals surface area contributed by atoms with Crippen LogP contribution in [0.3, 0.4) is 0 Å². The molecule has 2 aliphatic heterocycles. The number of ether oxygens (including phenoxy) is 1. The predicted molar refractivity (Wildman–Crippen MR) is 93.6 cm³/mol. The van der Waals surface area contributed by atoms with Gasteiger partial charge in [0.1, 0.15) is 11.3 Å². The average Bonchev–Trinajstić information content (AvgIpc) is 3.19. The zero-order chi connectivity index (χ0) is 15.6. The van der Waals surface area contributed by atoms with Crippen molar-refractivity contribution in [2.24, 2.45) is 0 Å². The van der Waals surface area contributed by atoms with Crippen molar-refractivity contribution < 1.29 is 9.15 Å². The third kappa shape index (κ3) is 3.08. The van der Waals surface area contributed by atoms with Crippen molar-refractivity contribution in [3.05, 3.63) is 41.7 Å². The van der Waals surface area contributed by atoms with E-state index >= 15 is 0 Å². The highest BCUT2D eigenvalue weighted by molar-refractivity contribution is 5.90. The van der Waals surface area contributed by atoms with Gasteiger partial charge in [0.15, 0.2) is 0 Å². The lowest BCUT2D eigenvalue weighted by Crippen LogP contribution is -2.28. The van der Waals surface area contributed by atoms with E-state index < -0.39 is 0 Å². The summed E-state index contributed by atoms with van der Waals surface area (Å²) in [6.07, 6.45) is 6.94. The quantitative estimate of drug-likeness (QED) is 0.843. The lowest BCUT2D eigenvalue weighted by molar-refractivity contribution is 0.164. The van der Waals surface area contributed by atoms with Crippen molar-refractivity contribution >= 4 is 16.5 Å². The minimum atomic E-state index is 0.695. The maximum atomic E-state index is 6.22. The molecule has 3 heterocycles. The molecule has 1 aromatic carbocycles. The highest BCUT2D eigenvalue weighted by Gasteiger charge is 2.20. The zero-order valence-corrected chi connectivity index (χ0v) is 13.9. The van der Waals surface area contributed by atoms with Crippen LogP contribution in [0.1, 0.15) is 37.5 Å². The molecule has 0 amide bonds. The largest absolute Gasteiger partial charge is 0.460 e. The molecule has 1 aromatic heterocycles. The molecule has 0 aliphatic carbocycles. The van der Waals surface area contributed by atoms with E-state index in [9.17, 15) is 0 Å². The number of furan rings is 1. The number of nitrogens with zero attached hydrogens (tertiary/aromatic N) is 1. The van der Waals surface area contributed by atoms with Crippen LogP contribution < -0.4 is 0 Å². The third-order valence-electron chi connectivity index (χ3n) is 5.19. The molecule has 3 heteroatoms. The fraction of sp³-hybridized carbons (Fsp3) is 0.500. The summed E-state index contributed by atoms with van der Waals surface area (Å²) in [7, 11) is 0. The molecule has 1 fully saturated rings. The first-order valence-corrected chi connectivity index (χ1v) is 8.84. The molecule has 2 aromatic rings. The summed E-state index contributed by atoms with van der Waals surface area (Å²) in [5.74, 6) is 1.10. The summed E-state index contributed by atoms with van der Waals surface area (Å²) >= 11 is 0. The molecule has 0 radical (unpaired) electrons. The Bertz CT molecular complexity index is 716. The molecular formula is C20H25NO2. The number of hydrogen-bond acceptors (Lipinski definition) is 3. The number of likely N-dealkylation sites (tertiary alicyclic amines) is 1. The molecule has 0 bridgehead atoms. The van der Waals surface area contributed by atoms with Gasteiger partial charge in [-0.3, -0.25) is 0 Å². The summed E-state index contributed by atoms with van der Waals surface area (Å²) in [6, 6.07) is 9.35. The second-order valence-electron chi connectivity index (χ2n) is 6.78. The molecule has 0 unspecified atom stereocenters. The van der Waals surface area contributed by atoms with Crippen LogP contribution in [0.4, 0.5) is 0 Å². The Labute approximate surface area is 137 Å². The first kappa shape index (κ1) is 15.0. The lowest BCUT2D eigenvalue weighted by Gasteiger charge is -2.19. The average molecular weight is 311 g/mol. The molecule has 1 saturated heterocycles. The van der Waals surface area contributed by atoms with Crippen LogP contribution >= 0.6 is 0 Å². The van der Waals surface area contributed by atoms with Crippen molar-refractivity contribution in [3.63, 3.8) is 0 Å². The molecule has 1 atom stereocenters. The number of hydrogen-bond donors (Lipinski definition) is 0. The van der Waals surface area contributed by atoms with E-state index in [1.807, 2.05) is 0 Å². The molecule has 2 aliphatic rings. The Morgan fingerprint density at radius 2 is 2.26 bits per heavy atom. The van der Waals surface area contributed by atoms with E-state index in [2.05, 4.69) is 42.2 Å². The maximum Gasteiger partial charge on any atom is 0.141 e. The van der Waals surface area contributed by atoms with Crippen LogP contribution in [0.25, 0.3) is 16.5 Å². The Kier molecular flexibility index (Phi) is 4.23. The van der Waals surface area contributed by atoms with E-state index in [4.69, 9.17) is 9.15 Å². The van der Waals surface area contributed by atoms with Gasteiger partial charge in [-0.25, -0.2) is 0 Å². The highest BCUT2D eigenvalue weighted by Crippen LogP contribution is 2.30. The summed E-state index contributed by atoms with van der Waals surface area (Å²) in [4.78, 5) is 2.58. The van der Waals surface area contributed by atoms with Crippen LogP contribution in [-0.4, -0.2) is 37.2 Å². The minimum absolute atomic E-state index is 0.695. The van der Waals surface area contributed by atoms with E-state index in [1.54, 1.807) is 0 Å². The third-order valence-corrected chi connectivity index (χ3v) is 5.19. The van der Waals surface area contributed by atoms with E-state index in [0.29, 0.717) is 6.61 Å². The van der Waals surface area contributed by atoms with Gasteiger partial charge in [-0.15, -0.1) is 0 Å². The van der Waals surface area contributed by atoms with E-state index in [1.165, 1.54) is 35.9 Å². The van der Waals surface area contributed by atoms with Crippen molar-refractivity contribution in [3.8, 4) is 0 Å². The Morgan fingerprint density at radius 1 is 1.30 bits per heavy atom. The molecule has 3 nitrogen and oxygen atoms in total. The molecule has 0 N–H and O–H groups in total. The Hall–Kier alpha value is -1.58. The molecular weight excluding hydrogens is 286 g/mol. The number of para-hydroxylation sites is 1. The SMILES string of the molecule is C[C@@H]1CCCN1CCc1cc2cccc(C3=CCCOC3)c2o1. The van der Waals surface area contributed by atoms with Gasteiger partial charge in [-0.2, -0.15) is 0 Å². The Balaban J connectivity index is 1.56. The monoisotopic (exact) mass is 311 g/mol. The van der Waals surface area contributed by atoms with Gasteiger partial charge in [0.05, 0.1) is 13.2 Å². The van der Waals surface area contributed by atoms with Crippen molar-refractivity contribution in [1.29, 1.82) is 0 Å². The maximum absolute atomic E-state index is 6.22. The number of benzene rings is 1. The molecule has 23 heavy (non-hydrogen) atoms. The van der Waals surface area contributed by atoms with Crippen LogP contribution in [0.5, 0.6) is 0 Å². The van der Waals surface area contributed by atoms with Crippen LogP contribution in [0.2, 0.25) is 0 Å². The van der Waals surface area contributed by atoms with Crippen LogP contribution in [0, 0.1) is 0 Å². The van der Waals surface area contributed by atoms with Gasteiger partial charge < -0.3 is 14.1 Å². The smallest absolute Gasteiger partial charge is 0.141 e. The molecule has 122 valence electrons. The minimum Gasteiger partial charge on any atom is -0.460 e. The molecule has 0 spiro atoms. The number of rotatable bonds is 4. The predicted octanol–water partition coefficient (Wildman–Crippen LogP) is 4.26. The molecule has 0 saturated carbocycles. The van der Waals surface area contributed by atoms with Gasteiger partial charge in [0, 0.05) is 30.0 Å². The molecule has 4 rings (SSSR count). The fourth-order valence-corrected chi connectivity index (χ4v) is 3.82. The van der Waals surface area contributed by atoms with Gasteiger partial charge in [0.2, 0.25) is 0 Å². The topological polar surface area (TPSA) is 25.6 Å². The second-order valence-corrected chi connectivity index (χ2v) is 6.78. The van der Waals surface area contributed by atoms with Gasteiger partial charge in [-0.1, -0.05) is 24.3 Å². The first-order valence-electron chi connectivity index (χ1n) is 8.84. The Morgan fingerprint density at radius 3 is 3.04 bits per heavy atom. The fourth-order valence-electron chi connectivity index (χ4n) is 3.82.